The molecule has 4 aromatic rings. The van der Waals surface area contributed by atoms with Crippen LogP contribution in [0.25, 0.3) is 33.2 Å². The van der Waals surface area contributed by atoms with Crippen LogP contribution >= 0.6 is 0 Å². The topological polar surface area (TPSA) is 110 Å². The Balaban J connectivity index is 1.47. The fraction of sp³-hybridized carbons (Fsp3) is 0.417. The molecule has 11 heteroatoms. The van der Waals surface area contributed by atoms with Crippen molar-refractivity contribution in [2.24, 2.45) is 0 Å². The van der Waals surface area contributed by atoms with Crippen molar-refractivity contribution in [2.75, 3.05) is 12.4 Å². The lowest BCUT2D eigenvalue weighted by Gasteiger charge is -2.45. The number of alkyl halides is 2. The molecule has 35 heavy (non-hydrogen) atoms. The van der Waals surface area contributed by atoms with Gasteiger partial charge in [-0.05, 0) is 44.4 Å². The van der Waals surface area contributed by atoms with Crippen molar-refractivity contribution >= 4 is 33.9 Å². The van der Waals surface area contributed by atoms with Crippen LogP contribution in [-0.2, 0) is 11.3 Å². The number of fused-ring (bicyclic) bond motifs is 2. The van der Waals surface area contributed by atoms with Crippen LogP contribution in [0.3, 0.4) is 0 Å². The van der Waals surface area contributed by atoms with E-state index in [9.17, 15) is 13.6 Å². The third kappa shape index (κ3) is 4.26. The number of methoxy groups -OCH3 is 1. The van der Waals surface area contributed by atoms with Crippen molar-refractivity contribution in [3.63, 3.8) is 0 Å². The van der Waals surface area contributed by atoms with Gasteiger partial charge in [0.1, 0.15) is 11.5 Å². The molecule has 1 aromatic carbocycles. The molecular weight excluding hydrogens is 456 g/mol. The summed E-state index contributed by atoms with van der Waals surface area (Å²) in [5, 5.41) is 6.99. The Bertz CT molecular complexity index is 1420. The largest absolute Gasteiger partial charge is 0.480 e. The standard InChI is InChI=1S/C24H27F2N7O2/c1-12-28-17-6-5-14(7-18(17)33(12)11-19(25)26)16-10-27-21-20(16)22(35-4)31-23(30-21)29-15-8-24(3,9-15)32-13(2)34/h5-7,10,15,19H,8-9,11H2,1-4H3,(H,32,34)(H2,27,29,30,31). The molecule has 1 aliphatic carbocycles. The number of benzene rings is 1. The molecule has 5 rings (SSSR count). The number of H-pyrrole nitrogens is 1. The molecule has 3 N–H and O–H groups in total. The van der Waals surface area contributed by atoms with Crippen molar-refractivity contribution < 1.29 is 18.3 Å². The number of nitrogens with zero attached hydrogens (tertiary/aromatic N) is 4. The average molecular weight is 484 g/mol. The second-order valence-electron chi connectivity index (χ2n) is 9.34. The summed E-state index contributed by atoms with van der Waals surface area (Å²) in [6, 6.07) is 5.70. The van der Waals surface area contributed by atoms with Gasteiger partial charge in [0.05, 0.1) is 30.1 Å². The minimum absolute atomic E-state index is 0.0465. The number of carbonyl (C=O) groups excluding carboxylic acids is 1. The number of anilines is 1. The highest BCUT2D eigenvalue weighted by molar-refractivity contribution is 5.99. The van der Waals surface area contributed by atoms with Crippen LogP contribution in [-0.4, -0.2) is 55.5 Å². The first kappa shape index (κ1) is 23.0. The zero-order chi connectivity index (χ0) is 24.9. The molecule has 184 valence electrons. The molecule has 0 aliphatic heterocycles. The van der Waals surface area contributed by atoms with E-state index in [0.29, 0.717) is 39.7 Å². The quantitative estimate of drug-likeness (QED) is 0.366. The molecule has 0 saturated heterocycles. The molecular formula is C24H27F2N7O2. The summed E-state index contributed by atoms with van der Waals surface area (Å²) >= 11 is 0. The number of aromatic amines is 1. The zero-order valence-electron chi connectivity index (χ0n) is 19.9. The molecule has 1 amide bonds. The van der Waals surface area contributed by atoms with E-state index in [1.807, 2.05) is 31.3 Å². The van der Waals surface area contributed by atoms with Gasteiger partial charge in [0.25, 0.3) is 6.43 Å². The monoisotopic (exact) mass is 483 g/mol. The molecule has 0 spiro atoms. The van der Waals surface area contributed by atoms with Crippen molar-refractivity contribution in [2.45, 2.75) is 58.2 Å². The number of hydrogen-bond acceptors (Lipinski definition) is 6. The minimum Gasteiger partial charge on any atom is -0.480 e. The highest BCUT2D eigenvalue weighted by atomic mass is 19.3. The Morgan fingerprint density at radius 2 is 2.09 bits per heavy atom. The summed E-state index contributed by atoms with van der Waals surface area (Å²) in [5.41, 5.74) is 3.27. The van der Waals surface area contributed by atoms with Crippen LogP contribution in [0, 0.1) is 6.92 Å². The van der Waals surface area contributed by atoms with Gasteiger partial charge in [-0.25, -0.2) is 13.8 Å². The van der Waals surface area contributed by atoms with Gasteiger partial charge in [0.2, 0.25) is 17.7 Å². The van der Waals surface area contributed by atoms with E-state index in [-0.39, 0.29) is 17.5 Å². The summed E-state index contributed by atoms with van der Waals surface area (Å²) in [6.45, 7) is 4.84. The lowest BCUT2D eigenvalue weighted by Crippen LogP contribution is -2.59. The van der Waals surface area contributed by atoms with Crippen LogP contribution in [0.1, 0.15) is 32.5 Å². The number of aromatic nitrogens is 5. The van der Waals surface area contributed by atoms with Crippen LogP contribution in [0.4, 0.5) is 14.7 Å². The number of nitrogens with one attached hydrogen (secondary N) is 3. The van der Waals surface area contributed by atoms with Crippen LogP contribution < -0.4 is 15.4 Å². The first-order valence-electron chi connectivity index (χ1n) is 11.4. The summed E-state index contributed by atoms with van der Waals surface area (Å²) < 4.78 is 33.4. The molecule has 3 aromatic heterocycles. The highest BCUT2D eigenvalue weighted by Crippen LogP contribution is 2.37. The molecule has 0 atom stereocenters. The SMILES string of the molecule is COc1nc(NC2CC(C)(NC(C)=O)C2)nc2[nH]cc(-c3ccc4nc(C)n(CC(F)F)c4c3)c12. The zero-order valence-corrected chi connectivity index (χ0v) is 19.9. The van der Waals surface area contributed by atoms with E-state index in [2.05, 4.69) is 30.6 Å². The maximum Gasteiger partial charge on any atom is 0.256 e. The lowest BCUT2D eigenvalue weighted by atomic mass is 9.74. The number of halogens is 2. The van der Waals surface area contributed by atoms with Gasteiger partial charge >= 0.3 is 0 Å². The van der Waals surface area contributed by atoms with Crippen LogP contribution in [0.15, 0.2) is 24.4 Å². The molecule has 1 fully saturated rings. The van der Waals surface area contributed by atoms with Crippen molar-refractivity contribution in [3.8, 4) is 17.0 Å². The van der Waals surface area contributed by atoms with Gasteiger partial charge < -0.3 is 24.9 Å². The first-order chi connectivity index (χ1) is 16.7. The Morgan fingerprint density at radius 3 is 2.77 bits per heavy atom. The molecule has 0 unspecified atom stereocenters. The van der Waals surface area contributed by atoms with E-state index >= 15 is 0 Å². The van der Waals surface area contributed by atoms with E-state index in [4.69, 9.17) is 4.74 Å². The maximum atomic E-state index is 13.1. The number of carbonyl (C=O) groups is 1. The van der Waals surface area contributed by atoms with Gasteiger partial charge in [-0.3, -0.25) is 4.79 Å². The second kappa shape index (κ2) is 8.47. The predicted octanol–water partition coefficient (Wildman–Crippen LogP) is 4.03. The predicted molar refractivity (Wildman–Crippen MR) is 129 cm³/mol. The van der Waals surface area contributed by atoms with Crippen molar-refractivity contribution in [1.82, 2.24) is 29.8 Å². The van der Waals surface area contributed by atoms with E-state index in [1.54, 1.807) is 14.0 Å². The minimum atomic E-state index is -2.48. The molecule has 1 saturated carbocycles. The van der Waals surface area contributed by atoms with Gasteiger partial charge in [-0.15, -0.1) is 0 Å². The number of rotatable bonds is 7. The Hall–Kier alpha value is -3.76. The first-order valence-corrected chi connectivity index (χ1v) is 11.4. The Morgan fingerprint density at radius 1 is 1.31 bits per heavy atom. The van der Waals surface area contributed by atoms with E-state index in [1.165, 1.54) is 11.5 Å². The fourth-order valence-electron chi connectivity index (χ4n) is 5.06. The fourth-order valence-corrected chi connectivity index (χ4v) is 5.06. The number of imidazole rings is 1. The number of ether oxygens (including phenoxy) is 1. The average Bonchev–Trinajstić information content (AvgIpc) is 3.32. The molecule has 1 aliphatic rings. The van der Waals surface area contributed by atoms with Gasteiger partial charge in [0, 0.05) is 30.3 Å². The highest BCUT2D eigenvalue weighted by Gasteiger charge is 2.41. The third-order valence-corrected chi connectivity index (χ3v) is 6.47. The summed E-state index contributed by atoms with van der Waals surface area (Å²) in [5.74, 6) is 1.32. The van der Waals surface area contributed by atoms with Gasteiger partial charge in [-0.2, -0.15) is 9.97 Å². The van der Waals surface area contributed by atoms with Crippen molar-refractivity contribution in [1.29, 1.82) is 0 Å². The molecule has 9 nitrogen and oxygen atoms in total. The number of hydrogen-bond donors (Lipinski definition) is 3. The number of aryl methyl sites for hydroxylation is 1. The maximum absolute atomic E-state index is 13.1. The van der Waals surface area contributed by atoms with Crippen LogP contribution in [0.5, 0.6) is 5.88 Å². The second-order valence-corrected chi connectivity index (χ2v) is 9.34. The molecule has 0 bridgehead atoms. The summed E-state index contributed by atoms with van der Waals surface area (Å²) in [6.07, 6.45) is 0.856. The number of amides is 1. The Kier molecular flexibility index (Phi) is 5.57. The lowest BCUT2D eigenvalue weighted by molar-refractivity contribution is -0.121. The van der Waals surface area contributed by atoms with Crippen molar-refractivity contribution in [3.05, 3.63) is 30.2 Å². The van der Waals surface area contributed by atoms with E-state index < -0.39 is 13.0 Å². The van der Waals surface area contributed by atoms with Gasteiger partial charge in [-0.1, -0.05) is 6.07 Å². The molecule has 3 heterocycles. The smallest absolute Gasteiger partial charge is 0.256 e. The summed E-state index contributed by atoms with van der Waals surface area (Å²) in [4.78, 5) is 28.2. The normalized spacial score (nSPS) is 19.8. The van der Waals surface area contributed by atoms with E-state index in [0.717, 1.165) is 24.0 Å². The third-order valence-electron chi connectivity index (χ3n) is 6.47. The molecule has 0 radical (unpaired) electrons. The van der Waals surface area contributed by atoms with Crippen LogP contribution in [0.2, 0.25) is 0 Å². The summed E-state index contributed by atoms with van der Waals surface area (Å²) in [7, 11) is 1.55. The Labute approximate surface area is 200 Å². The van der Waals surface area contributed by atoms with Gasteiger partial charge in [0.15, 0.2) is 0 Å².